The topological polar surface area (TPSA) is 26.3 Å². The van der Waals surface area contributed by atoms with Gasteiger partial charge in [-0.25, -0.2) is 4.39 Å². The van der Waals surface area contributed by atoms with Crippen LogP contribution in [0.2, 0.25) is 0 Å². The van der Waals surface area contributed by atoms with Gasteiger partial charge in [0.15, 0.2) is 6.17 Å². The Bertz CT molecular complexity index is 250. The average Bonchev–Trinajstić information content (AvgIpc) is 2.16. The minimum Gasteiger partial charge on any atom is -0.502 e. The van der Waals surface area contributed by atoms with E-state index in [1.165, 1.54) is 6.26 Å². The predicted molar refractivity (Wildman–Crippen MR) is 43.7 cm³/mol. The maximum Gasteiger partial charge on any atom is 0.314 e. The molecule has 1 fully saturated rings. The maximum atomic E-state index is 12.7. The summed E-state index contributed by atoms with van der Waals surface area (Å²) in [6, 6.07) is 0. The van der Waals surface area contributed by atoms with Crippen molar-refractivity contribution in [3.05, 3.63) is 12.3 Å². The Balaban J connectivity index is 2.35. The first kappa shape index (κ1) is 11.1. The van der Waals surface area contributed by atoms with E-state index in [1.807, 2.05) is 0 Å². The van der Waals surface area contributed by atoms with Crippen molar-refractivity contribution in [2.75, 3.05) is 6.61 Å². The molecule has 0 aromatic heterocycles. The summed E-state index contributed by atoms with van der Waals surface area (Å²) in [6.07, 6.45) is 0.756. The summed E-state index contributed by atoms with van der Waals surface area (Å²) in [4.78, 5) is 10.4. The molecule has 80 valence electrons. The number of ether oxygens (including phenoxy) is 1. The van der Waals surface area contributed by atoms with Gasteiger partial charge >= 0.3 is 5.92 Å². The van der Waals surface area contributed by atoms with Crippen LogP contribution in [0.25, 0.3) is 0 Å². The third-order valence-electron chi connectivity index (χ3n) is 2.18. The number of ketones is 1. The number of halogens is 3. The van der Waals surface area contributed by atoms with Gasteiger partial charge in [-0.05, 0) is 13.3 Å². The van der Waals surface area contributed by atoms with E-state index in [-0.39, 0.29) is 13.0 Å². The number of rotatable bonds is 4. The van der Waals surface area contributed by atoms with Gasteiger partial charge in [0.25, 0.3) is 0 Å². The Morgan fingerprint density at radius 3 is 2.71 bits per heavy atom. The molecule has 0 N–H and O–H groups in total. The van der Waals surface area contributed by atoms with Gasteiger partial charge in [-0.1, -0.05) is 6.08 Å². The lowest BCUT2D eigenvalue weighted by molar-refractivity contribution is -0.193. The average molecular weight is 208 g/mol. The van der Waals surface area contributed by atoms with Crippen LogP contribution in [0.15, 0.2) is 12.3 Å². The number of hydrogen-bond donors (Lipinski definition) is 0. The molecule has 2 nitrogen and oxygen atoms in total. The fourth-order valence-electron chi connectivity index (χ4n) is 1.32. The van der Waals surface area contributed by atoms with Gasteiger partial charge < -0.3 is 4.74 Å². The van der Waals surface area contributed by atoms with Crippen LogP contribution in [0.5, 0.6) is 0 Å². The molecule has 0 radical (unpaired) electrons. The largest absolute Gasteiger partial charge is 0.502 e. The minimum absolute atomic E-state index is 0.00169. The molecule has 0 heterocycles. The number of carbonyl (C=O) groups is 1. The Morgan fingerprint density at radius 1 is 1.57 bits per heavy atom. The highest BCUT2D eigenvalue weighted by atomic mass is 19.3. The van der Waals surface area contributed by atoms with E-state index in [0.717, 1.165) is 0 Å². The standard InChI is InChI=1S/C9H11F3O2/c1-2-4-14-5-3-6-7(10)8(13)9(6,11)12/h2,4,6-7H,3,5H2,1H3. The Kier molecular flexibility index (Phi) is 3.18. The second-order valence-electron chi connectivity index (χ2n) is 3.12. The van der Waals surface area contributed by atoms with E-state index >= 15 is 0 Å². The highest BCUT2D eigenvalue weighted by molar-refractivity contribution is 5.96. The maximum absolute atomic E-state index is 12.7. The van der Waals surface area contributed by atoms with Crippen molar-refractivity contribution in [1.82, 2.24) is 0 Å². The van der Waals surface area contributed by atoms with Crippen LogP contribution in [0.1, 0.15) is 13.3 Å². The number of carbonyl (C=O) groups excluding carboxylic acids is 1. The lowest BCUT2D eigenvalue weighted by Gasteiger charge is -2.37. The predicted octanol–water partition coefficient (Wildman–Crippen LogP) is 2.10. The molecule has 1 rings (SSSR count). The van der Waals surface area contributed by atoms with Crippen molar-refractivity contribution >= 4 is 5.78 Å². The van der Waals surface area contributed by atoms with Crippen molar-refractivity contribution in [3.63, 3.8) is 0 Å². The molecule has 0 amide bonds. The quantitative estimate of drug-likeness (QED) is 0.522. The SMILES string of the molecule is CC=COCCC1C(F)C(=O)C1(F)F. The number of allylic oxidation sites excluding steroid dienone is 1. The number of hydrogen-bond acceptors (Lipinski definition) is 2. The zero-order valence-electron chi connectivity index (χ0n) is 7.67. The van der Waals surface area contributed by atoms with Crippen LogP contribution >= 0.6 is 0 Å². The van der Waals surface area contributed by atoms with E-state index in [0.29, 0.717) is 0 Å². The third-order valence-corrected chi connectivity index (χ3v) is 2.18. The second kappa shape index (κ2) is 4.02. The van der Waals surface area contributed by atoms with Crippen LogP contribution < -0.4 is 0 Å². The molecule has 0 spiro atoms. The third kappa shape index (κ3) is 1.76. The molecule has 0 saturated heterocycles. The van der Waals surface area contributed by atoms with Crippen LogP contribution in [0, 0.1) is 5.92 Å². The number of alkyl halides is 3. The molecule has 1 saturated carbocycles. The van der Waals surface area contributed by atoms with Crippen LogP contribution in [0.3, 0.4) is 0 Å². The van der Waals surface area contributed by atoms with Gasteiger partial charge in [-0.15, -0.1) is 0 Å². The zero-order chi connectivity index (χ0) is 10.8. The highest BCUT2D eigenvalue weighted by Crippen LogP contribution is 2.44. The van der Waals surface area contributed by atoms with Crippen LogP contribution in [-0.2, 0) is 9.53 Å². The molecule has 1 aliphatic rings. The van der Waals surface area contributed by atoms with Crippen molar-refractivity contribution in [1.29, 1.82) is 0 Å². The van der Waals surface area contributed by atoms with Crippen LogP contribution in [-0.4, -0.2) is 24.5 Å². The first-order valence-corrected chi connectivity index (χ1v) is 4.30. The summed E-state index contributed by atoms with van der Waals surface area (Å²) in [6.45, 7) is 1.71. The molecule has 5 heteroatoms. The summed E-state index contributed by atoms with van der Waals surface area (Å²) >= 11 is 0. The van der Waals surface area contributed by atoms with Crippen LogP contribution in [0.4, 0.5) is 13.2 Å². The van der Waals surface area contributed by atoms with E-state index in [9.17, 15) is 18.0 Å². The van der Waals surface area contributed by atoms with Gasteiger partial charge in [0.2, 0.25) is 5.78 Å². The summed E-state index contributed by atoms with van der Waals surface area (Å²) in [5.41, 5.74) is 0. The summed E-state index contributed by atoms with van der Waals surface area (Å²) in [5.74, 6) is -6.62. The molecule has 2 atom stereocenters. The van der Waals surface area contributed by atoms with Crippen molar-refractivity contribution in [3.8, 4) is 0 Å². The molecule has 0 aliphatic heterocycles. The Labute approximate surface area is 79.7 Å². The Morgan fingerprint density at radius 2 is 2.21 bits per heavy atom. The summed E-state index contributed by atoms with van der Waals surface area (Å²) in [5, 5.41) is 0. The lowest BCUT2D eigenvalue weighted by atomic mass is 9.75. The van der Waals surface area contributed by atoms with Crippen molar-refractivity contribution < 1.29 is 22.7 Å². The fraction of sp³-hybridized carbons (Fsp3) is 0.667. The van der Waals surface area contributed by atoms with Gasteiger partial charge in [0.05, 0.1) is 18.8 Å². The summed E-state index contributed by atoms with van der Waals surface area (Å²) in [7, 11) is 0. The normalized spacial score (nSPS) is 30.4. The first-order valence-electron chi connectivity index (χ1n) is 4.30. The molecule has 1 aliphatic carbocycles. The first-order chi connectivity index (χ1) is 6.51. The molecule has 2 unspecified atom stereocenters. The van der Waals surface area contributed by atoms with Gasteiger partial charge in [0, 0.05) is 0 Å². The molecule has 0 aromatic carbocycles. The van der Waals surface area contributed by atoms with E-state index in [1.54, 1.807) is 13.0 Å². The van der Waals surface area contributed by atoms with Crippen molar-refractivity contribution in [2.24, 2.45) is 5.92 Å². The van der Waals surface area contributed by atoms with Gasteiger partial charge in [-0.2, -0.15) is 8.78 Å². The molecular formula is C9H11F3O2. The monoisotopic (exact) mass is 208 g/mol. The fourth-order valence-corrected chi connectivity index (χ4v) is 1.32. The van der Waals surface area contributed by atoms with Crippen molar-refractivity contribution in [2.45, 2.75) is 25.4 Å². The molecule has 0 bridgehead atoms. The smallest absolute Gasteiger partial charge is 0.314 e. The van der Waals surface area contributed by atoms with E-state index < -0.39 is 23.8 Å². The molecule has 0 aromatic rings. The van der Waals surface area contributed by atoms with Gasteiger partial charge in [0.1, 0.15) is 0 Å². The zero-order valence-corrected chi connectivity index (χ0v) is 7.67. The minimum atomic E-state index is -3.50. The second-order valence-corrected chi connectivity index (χ2v) is 3.12. The Hall–Kier alpha value is -1.00. The summed E-state index contributed by atoms with van der Waals surface area (Å²) < 4.78 is 42.8. The van der Waals surface area contributed by atoms with E-state index in [4.69, 9.17) is 4.74 Å². The lowest BCUT2D eigenvalue weighted by Crippen LogP contribution is -2.59. The highest BCUT2D eigenvalue weighted by Gasteiger charge is 2.65. The molecule has 14 heavy (non-hydrogen) atoms. The number of Topliss-reactive ketones (excluding diaryl/α,β-unsaturated/α-hetero) is 1. The van der Waals surface area contributed by atoms with Gasteiger partial charge in [-0.3, -0.25) is 4.79 Å². The van der Waals surface area contributed by atoms with E-state index in [2.05, 4.69) is 0 Å². The molecular weight excluding hydrogens is 197 g/mol.